The summed E-state index contributed by atoms with van der Waals surface area (Å²) in [6.07, 6.45) is 3.56. The monoisotopic (exact) mass is 508 g/mol. The predicted octanol–water partition coefficient (Wildman–Crippen LogP) is 4.66. The molecule has 0 saturated carbocycles. The fourth-order valence-electron chi connectivity index (χ4n) is 5.88. The van der Waals surface area contributed by atoms with Crippen molar-refractivity contribution in [1.82, 2.24) is 19.4 Å². The average molecular weight is 509 g/mol. The van der Waals surface area contributed by atoms with Gasteiger partial charge in [0.2, 0.25) is 11.9 Å². The number of pyridine rings is 1. The van der Waals surface area contributed by atoms with Crippen molar-refractivity contribution in [3.63, 3.8) is 0 Å². The zero-order chi connectivity index (χ0) is 26.1. The van der Waals surface area contributed by atoms with Gasteiger partial charge in [0.1, 0.15) is 5.82 Å². The van der Waals surface area contributed by atoms with Gasteiger partial charge in [0, 0.05) is 51.4 Å². The largest absolute Gasteiger partial charge is 0.353 e. The second kappa shape index (κ2) is 10.5. The Balaban J connectivity index is 1.13. The van der Waals surface area contributed by atoms with Crippen LogP contribution in [0.4, 0.5) is 11.8 Å². The quantitative estimate of drug-likeness (QED) is 0.392. The first-order valence-corrected chi connectivity index (χ1v) is 13.8. The number of aromatic nitrogens is 3. The van der Waals surface area contributed by atoms with Gasteiger partial charge in [-0.2, -0.15) is 0 Å². The maximum Gasteiger partial charge on any atom is 0.225 e. The Kier molecular flexibility index (Phi) is 6.75. The number of rotatable bonds is 5. The van der Waals surface area contributed by atoms with Crippen molar-refractivity contribution in [2.24, 2.45) is 5.92 Å². The van der Waals surface area contributed by atoms with Crippen LogP contribution >= 0.6 is 0 Å². The summed E-state index contributed by atoms with van der Waals surface area (Å²) in [4.78, 5) is 29.7. The highest BCUT2D eigenvalue weighted by Crippen LogP contribution is 2.29. The summed E-state index contributed by atoms with van der Waals surface area (Å²) in [5, 5.41) is 0. The van der Waals surface area contributed by atoms with E-state index < -0.39 is 0 Å². The number of piperazine rings is 1. The van der Waals surface area contributed by atoms with Crippen LogP contribution < -0.4 is 9.80 Å². The fourth-order valence-corrected chi connectivity index (χ4v) is 5.88. The van der Waals surface area contributed by atoms with E-state index in [-0.39, 0.29) is 5.92 Å². The molecular formula is C31H36N6O. The summed E-state index contributed by atoms with van der Waals surface area (Å²) in [7, 11) is 0. The van der Waals surface area contributed by atoms with E-state index in [4.69, 9.17) is 4.98 Å². The van der Waals surface area contributed by atoms with E-state index >= 15 is 0 Å². The van der Waals surface area contributed by atoms with Crippen LogP contribution in [0.3, 0.4) is 0 Å². The van der Waals surface area contributed by atoms with Crippen molar-refractivity contribution < 1.29 is 4.79 Å². The number of carbonyl (C=O) groups is 1. The maximum absolute atomic E-state index is 13.4. The van der Waals surface area contributed by atoms with Gasteiger partial charge in [-0.3, -0.25) is 4.79 Å². The second-order valence-corrected chi connectivity index (χ2v) is 10.7. The van der Waals surface area contributed by atoms with Gasteiger partial charge in [0.15, 0.2) is 0 Å². The molecule has 0 N–H and O–H groups in total. The Morgan fingerprint density at radius 1 is 0.868 bits per heavy atom. The molecule has 2 aliphatic heterocycles. The van der Waals surface area contributed by atoms with E-state index in [1.807, 2.05) is 24.4 Å². The number of hydrogen-bond donors (Lipinski definition) is 0. The molecule has 38 heavy (non-hydrogen) atoms. The van der Waals surface area contributed by atoms with Crippen molar-refractivity contribution in [3.8, 4) is 0 Å². The number of amides is 1. The number of imidazole rings is 1. The zero-order valence-corrected chi connectivity index (χ0v) is 22.4. The Morgan fingerprint density at radius 2 is 1.63 bits per heavy atom. The van der Waals surface area contributed by atoms with E-state index in [1.54, 1.807) is 0 Å². The van der Waals surface area contributed by atoms with Crippen molar-refractivity contribution >= 4 is 28.7 Å². The molecule has 2 aromatic carbocycles. The van der Waals surface area contributed by atoms with E-state index in [0.717, 1.165) is 81.5 Å². The van der Waals surface area contributed by atoms with Gasteiger partial charge in [-0.25, -0.2) is 9.97 Å². The number of fused-ring (bicyclic) bond motifs is 1. The second-order valence-electron chi connectivity index (χ2n) is 10.7. The third-order valence-corrected chi connectivity index (χ3v) is 8.16. The van der Waals surface area contributed by atoms with Gasteiger partial charge in [-0.05, 0) is 62.1 Å². The summed E-state index contributed by atoms with van der Waals surface area (Å²) in [6.45, 7) is 10.0. The molecule has 6 rings (SSSR count). The van der Waals surface area contributed by atoms with E-state index in [9.17, 15) is 4.79 Å². The van der Waals surface area contributed by atoms with Crippen molar-refractivity contribution in [3.05, 3.63) is 83.6 Å². The standard InChI is InChI=1S/C31H36N6O/c1-23-10-11-24(2)26(21-23)22-37-28-8-4-3-7-27(28)33-31(37)36-15-12-25(13-16-36)30(38)35-19-17-34(18-20-35)29-9-5-6-14-32-29/h3-11,14,21,25H,12-13,15-20,22H2,1-2H3. The highest BCUT2D eigenvalue weighted by Gasteiger charge is 2.32. The molecule has 0 spiro atoms. The van der Waals surface area contributed by atoms with E-state index in [0.29, 0.717) is 5.91 Å². The SMILES string of the molecule is Cc1ccc(C)c(Cn2c(N3CCC(C(=O)N4CCN(c5ccccn5)CC4)CC3)nc3ccccc32)c1. The molecule has 2 fully saturated rings. The topological polar surface area (TPSA) is 57.5 Å². The minimum atomic E-state index is 0.0875. The number of hydrogen-bond acceptors (Lipinski definition) is 5. The number of nitrogens with zero attached hydrogens (tertiary/aromatic N) is 6. The molecule has 4 aromatic rings. The van der Waals surface area contributed by atoms with E-state index in [2.05, 4.69) is 80.6 Å². The maximum atomic E-state index is 13.4. The highest BCUT2D eigenvalue weighted by molar-refractivity contribution is 5.80. The lowest BCUT2D eigenvalue weighted by atomic mass is 9.95. The number of piperidine rings is 1. The summed E-state index contributed by atoms with van der Waals surface area (Å²) >= 11 is 0. The molecule has 0 aliphatic carbocycles. The van der Waals surface area contributed by atoms with Crippen molar-refractivity contribution in [1.29, 1.82) is 0 Å². The van der Waals surface area contributed by atoms with Crippen LogP contribution in [0.2, 0.25) is 0 Å². The van der Waals surface area contributed by atoms with Gasteiger partial charge in [0.25, 0.3) is 0 Å². The molecule has 2 aliphatic rings. The molecule has 2 aromatic heterocycles. The number of carbonyl (C=O) groups excluding carboxylic acids is 1. The van der Waals surface area contributed by atoms with Gasteiger partial charge < -0.3 is 19.3 Å². The van der Waals surface area contributed by atoms with Gasteiger partial charge in [0.05, 0.1) is 17.6 Å². The minimum Gasteiger partial charge on any atom is -0.353 e. The van der Waals surface area contributed by atoms with Crippen LogP contribution in [0.15, 0.2) is 66.9 Å². The van der Waals surface area contributed by atoms with Crippen LogP contribution in [0.1, 0.15) is 29.5 Å². The van der Waals surface area contributed by atoms with E-state index in [1.165, 1.54) is 16.7 Å². The van der Waals surface area contributed by atoms with Gasteiger partial charge in [-0.1, -0.05) is 42.0 Å². The molecule has 1 amide bonds. The molecule has 4 heterocycles. The van der Waals surface area contributed by atoms with Gasteiger partial charge in [-0.15, -0.1) is 0 Å². The fraction of sp³-hybridized carbons (Fsp3) is 0.387. The Hall–Kier alpha value is -3.87. The van der Waals surface area contributed by atoms with Crippen LogP contribution in [-0.4, -0.2) is 64.6 Å². The Bertz CT molecular complexity index is 1420. The summed E-state index contributed by atoms with van der Waals surface area (Å²) in [5.41, 5.74) is 6.08. The van der Waals surface area contributed by atoms with Gasteiger partial charge >= 0.3 is 0 Å². The highest BCUT2D eigenvalue weighted by atomic mass is 16.2. The first-order chi connectivity index (χ1) is 18.6. The number of aryl methyl sites for hydroxylation is 2. The van der Waals surface area contributed by atoms with Crippen molar-refractivity contribution in [2.45, 2.75) is 33.2 Å². The third-order valence-electron chi connectivity index (χ3n) is 8.16. The summed E-state index contributed by atoms with van der Waals surface area (Å²) in [6, 6.07) is 21.1. The van der Waals surface area contributed by atoms with Crippen molar-refractivity contribution in [2.75, 3.05) is 49.1 Å². The first-order valence-electron chi connectivity index (χ1n) is 13.8. The minimum absolute atomic E-state index is 0.0875. The zero-order valence-electron chi connectivity index (χ0n) is 22.4. The molecule has 196 valence electrons. The number of benzene rings is 2. The number of para-hydroxylation sites is 2. The molecule has 0 atom stereocenters. The Morgan fingerprint density at radius 3 is 2.39 bits per heavy atom. The lowest BCUT2D eigenvalue weighted by molar-refractivity contribution is -0.136. The number of anilines is 2. The lowest BCUT2D eigenvalue weighted by Crippen LogP contribution is -2.52. The Labute approximate surface area is 224 Å². The van der Waals surface area contributed by atoms with Crippen LogP contribution in [0, 0.1) is 19.8 Å². The lowest BCUT2D eigenvalue weighted by Gasteiger charge is -2.39. The van der Waals surface area contributed by atoms with Crippen LogP contribution in [0.5, 0.6) is 0 Å². The molecule has 0 bridgehead atoms. The molecule has 0 radical (unpaired) electrons. The molecule has 7 nitrogen and oxygen atoms in total. The predicted molar refractivity (Wildman–Crippen MR) is 153 cm³/mol. The first kappa shape index (κ1) is 24.5. The summed E-state index contributed by atoms with van der Waals surface area (Å²) in [5.74, 6) is 2.41. The molecular weight excluding hydrogens is 472 g/mol. The molecule has 2 saturated heterocycles. The average Bonchev–Trinajstić information content (AvgIpc) is 3.33. The normalized spacial score (nSPS) is 16.8. The van der Waals surface area contributed by atoms with Crippen LogP contribution in [-0.2, 0) is 11.3 Å². The van der Waals surface area contributed by atoms with Crippen LogP contribution in [0.25, 0.3) is 11.0 Å². The summed E-state index contributed by atoms with van der Waals surface area (Å²) < 4.78 is 2.36. The smallest absolute Gasteiger partial charge is 0.225 e. The molecule has 0 unspecified atom stereocenters. The molecule has 7 heteroatoms. The third kappa shape index (κ3) is 4.85.